The molecule has 0 bridgehead atoms. The van der Waals surface area contributed by atoms with Crippen LogP contribution in [0.15, 0.2) is 140 Å². The molecule has 39 heavy (non-hydrogen) atoms. The molecule has 2 heterocycles. The van der Waals surface area contributed by atoms with Gasteiger partial charge in [-0.1, -0.05) is 0 Å². The van der Waals surface area contributed by atoms with Gasteiger partial charge in [-0.2, -0.15) is 0 Å². The van der Waals surface area contributed by atoms with Gasteiger partial charge in [0.25, 0.3) is 0 Å². The zero-order valence-electron chi connectivity index (χ0n) is 21.1. The van der Waals surface area contributed by atoms with Crippen molar-refractivity contribution in [2.45, 2.75) is 0 Å². The summed E-state index contributed by atoms with van der Waals surface area (Å²) in [6, 6.07) is 48.1. The molecule has 8 aromatic rings. The van der Waals surface area contributed by atoms with E-state index in [-0.39, 0.29) is 0 Å². The maximum atomic E-state index is 12.7. The van der Waals surface area contributed by atoms with E-state index in [2.05, 4.69) is 101 Å². The van der Waals surface area contributed by atoms with Crippen LogP contribution in [0.2, 0.25) is 0 Å². The number of hydrogen-bond donors (Lipinski definition) is 1. The van der Waals surface area contributed by atoms with Gasteiger partial charge < -0.3 is 0 Å². The van der Waals surface area contributed by atoms with Gasteiger partial charge in [-0.25, -0.2) is 0 Å². The molecule has 0 amide bonds. The van der Waals surface area contributed by atoms with E-state index < -0.39 is 7.49 Å². The average Bonchev–Trinajstić information content (AvgIpc) is 3.41. The number of para-hydroxylation sites is 2. The molecule has 0 aliphatic heterocycles. The molecule has 2 aromatic heterocycles. The second-order valence-electron chi connectivity index (χ2n) is 10.1. The van der Waals surface area contributed by atoms with Crippen molar-refractivity contribution in [3.8, 4) is 0 Å². The number of rotatable bonds is 3. The fourth-order valence-corrected chi connectivity index (χ4v) is 9.24. The van der Waals surface area contributed by atoms with Gasteiger partial charge in [0.2, 0.25) is 0 Å². The Balaban J connectivity index is 1.57. The summed E-state index contributed by atoms with van der Waals surface area (Å²) in [6.45, 7) is 0. The molecule has 8 rings (SSSR count). The van der Waals surface area contributed by atoms with Crippen LogP contribution in [0.25, 0.3) is 49.1 Å². The van der Waals surface area contributed by atoms with E-state index in [0.29, 0.717) is 0 Å². The summed E-state index contributed by atoms with van der Waals surface area (Å²) in [5, 5.41) is 8.69. The predicted molar refractivity (Wildman–Crippen MR) is 168 cm³/mol. The van der Waals surface area contributed by atoms with Crippen LogP contribution in [-0.4, -0.2) is 14.3 Å². The van der Waals surface area contributed by atoms with Gasteiger partial charge in [0.15, 0.2) is 0 Å². The maximum absolute atomic E-state index is 12.7. The molecule has 0 fully saturated rings. The van der Waals surface area contributed by atoms with Crippen LogP contribution in [0.3, 0.4) is 0 Å². The summed E-state index contributed by atoms with van der Waals surface area (Å²) < 4.78 is 2.27. The van der Waals surface area contributed by atoms with Crippen LogP contribution in [0.1, 0.15) is 0 Å². The summed E-state index contributed by atoms with van der Waals surface area (Å²) >= 11 is 0. The number of nitrogens with zero attached hydrogens (tertiary/aromatic N) is 2. The molecular formula is C35H25N2OP. The monoisotopic (exact) mass is 520 g/mol. The van der Waals surface area contributed by atoms with Gasteiger partial charge in [0, 0.05) is 0 Å². The normalized spacial score (nSPS) is 12.6. The van der Waals surface area contributed by atoms with Crippen molar-refractivity contribution >= 4 is 72.5 Å². The van der Waals surface area contributed by atoms with E-state index in [1.807, 2.05) is 42.5 Å². The van der Waals surface area contributed by atoms with Crippen LogP contribution in [0, 0.1) is 0 Å². The Kier molecular flexibility index (Phi) is 4.87. The first kappa shape index (κ1) is 22.4. The molecule has 0 saturated heterocycles. The summed E-state index contributed by atoms with van der Waals surface area (Å²) in [6.07, 6.45) is 0. The Morgan fingerprint density at radius 1 is 0.513 bits per heavy atom. The molecule has 0 aliphatic carbocycles. The topological polar surface area (TPSA) is 37.5 Å². The van der Waals surface area contributed by atoms with Crippen molar-refractivity contribution < 1.29 is 4.89 Å². The van der Waals surface area contributed by atoms with Crippen molar-refractivity contribution in [1.82, 2.24) is 9.38 Å². The van der Waals surface area contributed by atoms with Crippen molar-refractivity contribution in [3.05, 3.63) is 140 Å². The molecule has 6 aromatic carbocycles. The van der Waals surface area contributed by atoms with Gasteiger partial charge >= 0.3 is 226 Å². The molecule has 1 N–H and O–H groups in total. The molecule has 0 atom stereocenters. The van der Waals surface area contributed by atoms with E-state index in [1.165, 1.54) is 16.2 Å². The fraction of sp³-hybridized carbons (Fsp3) is 0. The van der Waals surface area contributed by atoms with E-state index in [4.69, 9.17) is 4.98 Å². The first-order chi connectivity index (χ1) is 19.2. The van der Waals surface area contributed by atoms with Gasteiger partial charge in [0.05, 0.1) is 0 Å². The zero-order chi connectivity index (χ0) is 26.0. The van der Waals surface area contributed by atoms with E-state index >= 15 is 0 Å². The number of fused-ring (bicyclic) bond motifs is 10. The Morgan fingerprint density at radius 2 is 1.18 bits per heavy atom. The van der Waals surface area contributed by atoms with Crippen molar-refractivity contribution in [2.24, 2.45) is 0 Å². The third-order valence-electron chi connectivity index (χ3n) is 8.04. The summed E-state index contributed by atoms with van der Waals surface area (Å²) in [4.78, 5) is 17.8. The third-order valence-corrected chi connectivity index (χ3v) is 11.5. The van der Waals surface area contributed by atoms with Crippen LogP contribution in [0.4, 0.5) is 0 Å². The number of imidazole rings is 1. The predicted octanol–water partition coefficient (Wildman–Crippen LogP) is 6.88. The zero-order valence-corrected chi connectivity index (χ0v) is 22.1. The minimum atomic E-state index is -3.28. The van der Waals surface area contributed by atoms with Crippen LogP contribution >= 0.6 is 7.49 Å². The fourth-order valence-electron chi connectivity index (χ4n) is 6.21. The standard InChI is InChI=1S/C35H25N2OP/c38-39(25-12-3-1-4-13-25,26-14-5-2-6-15-26)27-20-22-32-30(23-27)34-28-16-8-7-11-24(28)19-21-29(34)35-36-31-17-9-10-18-33(31)37(32)35/h1-23,38-39H. The van der Waals surface area contributed by atoms with Crippen molar-refractivity contribution in [2.75, 3.05) is 0 Å². The van der Waals surface area contributed by atoms with Crippen molar-refractivity contribution in [3.63, 3.8) is 0 Å². The quantitative estimate of drug-likeness (QED) is 0.204. The summed E-state index contributed by atoms with van der Waals surface area (Å²) in [5.74, 6) is 0. The van der Waals surface area contributed by atoms with E-state index in [1.54, 1.807) is 0 Å². The SMILES string of the molecule is O[PH](c1ccccc1)(c1ccccc1)c1ccc2c(c1)c1c3ccccc3ccc1c1nc3ccccc3n21. The number of hydrogen-bond acceptors (Lipinski definition) is 2. The third kappa shape index (κ3) is 3.21. The Labute approximate surface area is 226 Å². The molecule has 0 unspecified atom stereocenters. The summed E-state index contributed by atoms with van der Waals surface area (Å²) in [7, 11) is -3.28. The minimum absolute atomic E-state index is 0.954. The van der Waals surface area contributed by atoms with Gasteiger partial charge in [-0.3, -0.25) is 0 Å². The van der Waals surface area contributed by atoms with Gasteiger partial charge in [-0.05, 0) is 0 Å². The second-order valence-corrected chi connectivity index (χ2v) is 13.3. The molecule has 3 nitrogen and oxygen atoms in total. The molecule has 0 radical (unpaired) electrons. The van der Waals surface area contributed by atoms with E-state index in [0.717, 1.165) is 48.9 Å². The first-order valence-electron chi connectivity index (χ1n) is 13.2. The number of pyridine rings is 1. The molecule has 0 saturated carbocycles. The van der Waals surface area contributed by atoms with Gasteiger partial charge in [0.1, 0.15) is 0 Å². The summed E-state index contributed by atoms with van der Waals surface area (Å²) in [5.41, 5.74) is 4.10. The molecule has 0 spiro atoms. The first-order valence-corrected chi connectivity index (χ1v) is 15.2. The van der Waals surface area contributed by atoms with Crippen molar-refractivity contribution in [1.29, 1.82) is 0 Å². The Morgan fingerprint density at radius 3 is 1.95 bits per heavy atom. The second kappa shape index (κ2) is 8.47. The number of benzene rings is 6. The van der Waals surface area contributed by atoms with Crippen LogP contribution in [0.5, 0.6) is 0 Å². The molecule has 186 valence electrons. The Hall–Kier alpha value is -4.56. The average molecular weight is 521 g/mol. The number of aromatic nitrogens is 2. The van der Waals surface area contributed by atoms with Gasteiger partial charge in [-0.15, -0.1) is 0 Å². The van der Waals surface area contributed by atoms with E-state index in [9.17, 15) is 4.89 Å². The van der Waals surface area contributed by atoms with Crippen LogP contribution < -0.4 is 15.9 Å². The molecule has 4 heteroatoms. The Bertz CT molecular complexity index is 2150. The van der Waals surface area contributed by atoms with Crippen LogP contribution in [-0.2, 0) is 0 Å². The molecule has 0 aliphatic rings. The molecular weight excluding hydrogens is 495 g/mol.